The summed E-state index contributed by atoms with van der Waals surface area (Å²) in [5, 5.41) is 39.8. The van der Waals surface area contributed by atoms with Gasteiger partial charge < -0.3 is 74.9 Å². The lowest BCUT2D eigenvalue weighted by Gasteiger charge is -2.28. The molecule has 27 heteroatoms. The molecule has 1 aromatic carbocycles. The smallest absolute Gasteiger partial charge is 0.327 e. The average molecular weight is 1010 g/mol. The van der Waals surface area contributed by atoms with Crippen molar-refractivity contribution in [3.8, 4) is 0 Å². The van der Waals surface area contributed by atoms with Crippen LogP contribution in [0.25, 0.3) is 10.9 Å². The van der Waals surface area contributed by atoms with Crippen LogP contribution in [0.5, 0.6) is 0 Å². The number of H-pyrrole nitrogens is 1. The molecule has 0 saturated carbocycles. The number of aliphatic carboxylic acids is 1. The molecule has 2 aromatic rings. The van der Waals surface area contributed by atoms with Gasteiger partial charge in [0.25, 0.3) is 0 Å². The van der Waals surface area contributed by atoms with Gasteiger partial charge in [0.05, 0.1) is 18.7 Å². The minimum atomic E-state index is -1.71. The van der Waals surface area contributed by atoms with Crippen molar-refractivity contribution in [2.75, 3.05) is 18.1 Å². The van der Waals surface area contributed by atoms with E-state index in [2.05, 4.69) is 72.8 Å². The van der Waals surface area contributed by atoms with E-state index in [9.17, 15) is 63.0 Å². The molecule has 0 radical (unpaired) electrons. The highest BCUT2D eigenvalue weighted by Crippen LogP contribution is 2.20. The molecule has 17 N–H and O–H groups in total. The van der Waals surface area contributed by atoms with Crippen LogP contribution >= 0.6 is 25.3 Å². The summed E-state index contributed by atoms with van der Waals surface area (Å²) in [6, 6.07) is -4.16. The second-order valence-electron chi connectivity index (χ2n) is 16.2. The molecule has 382 valence electrons. The molecule has 0 aliphatic heterocycles. The molecule has 1 heterocycles. The van der Waals surface area contributed by atoms with Crippen molar-refractivity contribution in [3.63, 3.8) is 0 Å². The van der Waals surface area contributed by atoms with E-state index in [1.165, 1.54) is 13.8 Å². The van der Waals surface area contributed by atoms with Crippen molar-refractivity contribution in [2.45, 2.75) is 121 Å². The van der Waals surface area contributed by atoms with E-state index in [4.69, 9.17) is 17.2 Å². The van der Waals surface area contributed by atoms with E-state index < -0.39 is 132 Å². The number of aromatic nitrogens is 1. The number of para-hydroxylation sites is 1. The Balaban J connectivity index is 2.33. The molecule has 0 saturated heterocycles. The van der Waals surface area contributed by atoms with Gasteiger partial charge in [-0.1, -0.05) is 38.5 Å². The zero-order valence-corrected chi connectivity index (χ0v) is 40.3. The lowest BCUT2D eigenvalue weighted by atomic mass is 9.97. The van der Waals surface area contributed by atoms with Crippen LogP contribution in [0.2, 0.25) is 0 Å². The maximum absolute atomic E-state index is 14.2. The van der Waals surface area contributed by atoms with Gasteiger partial charge in [-0.05, 0) is 44.2 Å². The van der Waals surface area contributed by atoms with Crippen molar-refractivity contribution < 1.29 is 63.0 Å². The van der Waals surface area contributed by atoms with Gasteiger partial charge in [0.1, 0.15) is 42.3 Å². The molecular formula is C42H64N12O13S2. The fraction of sp³-hybridized carbons (Fsp3) is 0.548. The van der Waals surface area contributed by atoms with Gasteiger partial charge in [-0.25, -0.2) is 4.79 Å². The molecule has 0 bridgehead atoms. The third kappa shape index (κ3) is 19.2. The van der Waals surface area contributed by atoms with Crippen LogP contribution in [0, 0.1) is 5.92 Å². The van der Waals surface area contributed by atoms with Gasteiger partial charge in [-0.3, -0.25) is 47.9 Å². The third-order valence-corrected chi connectivity index (χ3v) is 11.5. The van der Waals surface area contributed by atoms with Crippen LogP contribution in [0.4, 0.5) is 0 Å². The van der Waals surface area contributed by atoms with Crippen molar-refractivity contribution >= 4 is 101 Å². The number of thiol groups is 2. The summed E-state index contributed by atoms with van der Waals surface area (Å²) >= 11 is 7.86. The van der Waals surface area contributed by atoms with Crippen molar-refractivity contribution in [1.82, 2.24) is 47.5 Å². The minimum absolute atomic E-state index is 0.0853. The first kappa shape index (κ1) is 58.7. The van der Waals surface area contributed by atoms with E-state index in [0.717, 1.165) is 0 Å². The summed E-state index contributed by atoms with van der Waals surface area (Å²) < 4.78 is 0. The summed E-state index contributed by atoms with van der Waals surface area (Å²) in [6.45, 7) is 5.08. The standard InChI is InChI=1S/C42H64N12O13S2/c1-5-19(2)33(40(64)47-16-32(58)49-26(10-12-30(44)56)37(61)52-29(18-69)42(66)67)53-39(63)28(14-22-15-46-25-9-7-6-8-23(22)25)51-35(59)20(3)48-41(65)34(21(4)55)54-38(62)27(11-13-31(45)57)50-36(60)24(43)17-68/h6-9,15,19-21,24,26-29,33-34,46,55,68-69H,5,10-14,16-18,43H2,1-4H3,(H2,44,56)(H2,45,57)(H,47,64)(H,48,65)(H,49,58)(H,50,60)(H,51,59)(H,52,61)(H,53,63)(H,54,62)(H,66,67)/t19-,20-,21+,24-,26-,27-,28-,29-,33-,34-/m0/s1. The minimum Gasteiger partial charge on any atom is -0.480 e. The third-order valence-electron chi connectivity index (χ3n) is 10.7. The largest absolute Gasteiger partial charge is 0.480 e. The highest BCUT2D eigenvalue weighted by atomic mass is 32.1. The number of carbonyl (C=O) groups is 11. The number of primary amides is 2. The van der Waals surface area contributed by atoms with Gasteiger partial charge >= 0.3 is 5.97 Å². The number of nitrogens with two attached hydrogens (primary N) is 3. The zero-order valence-electron chi connectivity index (χ0n) is 38.5. The van der Waals surface area contributed by atoms with E-state index in [-0.39, 0.29) is 43.6 Å². The van der Waals surface area contributed by atoms with Gasteiger partial charge in [0.15, 0.2) is 0 Å². The average Bonchev–Trinajstić information content (AvgIpc) is 3.71. The predicted octanol–water partition coefficient (Wildman–Crippen LogP) is -4.53. The summed E-state index contributed by atoms with van der Waals surface area (Å²) in [6.07, 6.45) is -1.05. The number of aromatic amines is 1. The van der Waals surface area contributed by atoms with Crippen LogP contribution < -0.4 is 59.7 Å². The van der Waals surface area contributed by atoms with E-state index in [0.29, 0.717) is 22.9 Å². The van der Waals surface area contributed by atoms with E-state index in [1.807, 2.05) is 0 Å². The normalized spacial score (nSPS) is 15.4. The van der Waals surface area contributed by atoms with Crippen LogP contribution in [0.15, 0.2) is 30.5 Å². The Morgan fingerprint density at radius 3 is 1.74 bits per heavy atom. The number of rotatable bonds is 30. The molecular weight excluding hydrogens is 945 g/mol. The molecule has 0 fully saturated rings. The van der Waals surface area contributed by atoms with E-state index in [1.54, 1.807) is 44.3 Å². The quantitative estimate of drug-likeness (QED) is 0.0328. The molecule has 0 aliphatic rings. The number of aliphatic hydroxyl groups is 1. The van der Waals surface area contributed by atoms with Crippen LogP contribution in [-0.4, -0.2) is 153 Å². The maximum atomic E-state index is 14.2. The summed E-state index contributed by atoms with van der Waals surface area (Å²) in [4.78, 5) is 144. The number of hydrogen-bond acceptors (Lipinski definition) is 15. The number of nitrogens with one attached hydrogen (secondary N) is 9. The fourth-order valence-corrected chi connectivity index (χ4v) is 6.88. The SMILES string of the molecule is CC[C@H](C)[C@H](NC(=O)[C@H](Cc1c[nH]c2ccccc12)NC(=O)[C@H](C)NC(=O)[C@@H](NC(=O)[C@H](CCC(N)=O)NC(=O)[C@@H](N)CS)[C@@H](C)O)C(=O)NCC(=O)N[C@@H](CCC(N)=O)C(=O)N[C@@H](CS)C(=O)O. The number of hydrogen-bond donors (Lipinski definition) is 16. The lowest BCUT2D eigenvalue weighted by Crippen LogP contribution is -2.61. The molecule has 10 amide bonds. The molecule has 69 heavy (non-hydrogen) atoms. The van der Waals surface area contributed by atoms with Gasteiger partial charge in [0, 0.05) is 47.9 Å². The summed E-state index contributed by atoms with van der Waals surface area (Å²) in [5.74, 6) is -11.2. The Hall–Kier alpha value is -6.45. The second kappa shape index (κ2) is 28.8. The Bertz CT molecular complexity index is 2180. The van der Waals surface area contributed by atoms with Crippen molar-refractivity contribution in [1.29, 1.82) is 0 Å². The van der Waals surface area contributed by atoms with Crippen LogP contribution in [0.3, 0.4) is 0 Å². The summed E-state index contributed by atoms with van der Waals surface area (Å²) in [7, 11) is 0. The number of aliphatic hydroxyl groups excluding tert-OH is 1. The number of carboxylic acids is 1. The Kier molecular flexibility index (Phi) is 24.5. The van der Waals surface area contributed by atoms with Crippen LogP contribution in [0.1, 0.15) is 65.4 Å². The number of benzene rings is 1. The molecule has 0 unspecified atom stereocenters. The molecule has 0 spiro atoms. The number of carbonyl (C=O) groups excluding carboxylic acids is 10. The fourth-order valence-electron chi connectivity index (χ4n) is 6.46. The second-order valence-corrected chi connectivity index (χ2v) is 17.0. The van der Waals surface area contributed by atoms with Crippen LogP contribution in [-0.2, 0) is 59.2 Å². The summed E-state index contributed by atoms with van der Waals surface area (Å²) in [5.41, 5.74) is 17.4. The number of carboxylic acid groups (broad SMARTS) is 1. The topological polar surface area (TPSA) is 418 Å². The maximum Gasteiger partial charge on any atom is 0.327 e. The number of fused-ring (bicyclic) bond motifs is 1. The molecule has 1 aromatic heterocycles. The van der Waals surface area contributed by atoms with Crippen molar-refractivity contribution in [2.24, 2.45) is 23.1 Å². The highest BCUT2D eigenvalue weighted by molar-refractivity contribution is 7.80. The van der Waals surface area contributed by atoms with Crippen molar-refractivity contribution in [3.05, 3.63) is 36.0 Å². The highest BCUT2D eigenvalue weighted by Gasteiger charge is 2.35. The Labute approximate surface area is 408 Å². The Morgan fingerprint density at radius 1 is 0.652 bits per heavy atom. The molecule has 0 aliphatic carbocycles. The van der Waals surface area contributed by atoms with E-state index >= 15 is 0 Å². The zero-order chi connectivity index (χ0) is 52.1. The monoisotopic (exact) mass is 1010 g/mol. The van der Waals surface area contributed by atoms with Gasteiger partial charge in [-0.2, -0.15) is 25.3 Å². The molecule has 10 atom stereocenters. The molecule has 25 nitrogen and oxygen atoms in total. The lowest BCUT2D eigenvalue weighted by molar-refractivity contribution is -0.141. The van der Waals surface area contributed by atoms with Gasteiger partial charge in [0.2, 0.25) is 59.1 Å². The van der Waals surface area contributed by atoms with Gasteiger partial charge in [-0.15, -0.1) is 0 Å². The number of amides is 10. The first-order chi connectivity index (χ1) is 32.4. The Morgan fingerprint density at radius 2 is 1.19 bits per heavy atom. The molecule has 2 rings (SSSR count). The first-order valence-corrected chi connectivity index (χ1v) is 23.1. The predicted molar refractivity (Wildman–Crippen MR) is 256 cm³/mol. The first-order valence-electron chi connectivity index (χ1n) is 21.8.